The molecule has 0 spiro atoms. The predicted octanol–water partition coefficient (Wildman–Crippen LogP) is 1.72. The van der Waals surface area contributed by atoms with Gasteiger partial charge in [-0.3, -0.25) is 4.68 Å². The summed E-state index contributed by atoms with van der Waals surface area (Å²) in [5.74, 6) is 0.190. The van der Waals surface area contributed by atoms with Crippen molar-refractivity contribution in [3.8, 4) is 6.07 Å². The Morgan fingerprint density at radius 3 is 2.95 bits per heavy atom. The summed E-state index contributed by atoms with van der Waals surface area (Å²) < 4.78 is 6.49. The van der Waals surface area contributed by atoms with Crippen LogP contribution in [0.2, 0.25) is 0 Å². The first-order chi connectivity index (χ1) is 10.6. The number of hydrogen-bond acceptors (Lipinski definition) is 8. The minimum atomic E-state index is -0.529. The first-order valence-electron chi connectivity index (χ1n) is 6.38. The average molecular weight is 318 g/mol. The van der Waals surface area contributed by atoms with Crippen molar-refractivity contribution in [2.45, 2.75) is 12.1 Å². The monoisotopic (exact) mass is 318 g/mol. The molecule has 114 valence electrons. The molecular weight excluding hydrogens is 304 g/mol. The van der Waals surface area contributed by atoms with Crippen LogP contribution in [0.25, 0.3) is 0 Å². The van der Waals surface area contributed by atoms with Crippen LogP contribution in [0.4, 0.5) is 11.6 Å². The number of nitrogens with zero attached hydrogens (tertiary/aromatic N) is 5. The van der Waals surface area contributed by atoms with E-state index in [4.69, 9.17) is 10.00 Å². The number of rotatable bonds is 5. The number of anilines is 2. The number of hydrogen-bond donors (Lipinski definition) is 1. The number of carbonyl (C=O) groups excluding carboxylic acids is 1. The molecule has 0 aliphatic rings. The Bertz CT molecular complexity index is 737. The van der Waals surface area contributed by atoms with Crippen molar-refractivity contribution in [3.63, 3.8) is 0 Å². The number of esters is 1. The van der Waals surface area contributed by atoms with Gasteiger partial charge in [0.05, 0.1) is 12.8 Å². The van der Waals surface area contributed by atoms with Crippen LogP contribution in [0, 0.1) is 11.3 Å². The van der Waals surface area contributed by atoms with E-state index in [-0.39, 0.29) is 18.0 Å². The van der Waals surface area contributed by atoms with Crippen LogP contribution in [0.3, 0.4) is 0 Å². The minimum absolute atomic E-state index is 0.199. The maximum Gasteiger partial charge on any atom is 0.343 e. The van der Waals surface area contributed by atoms with Gasteiger partial charge in [-0.05, 0) is 13.2 Å². The van der Waals surface area contributed by atoms with Crippen molar-refractivity contribution in [1.29, 1.82) is 5.26 Å². The lowest BCUT2D eigenvalue weighted by molar-refractivity contribution is 0.0526. The fourth-order valence-corrected chi connectivity index (χ4v) is 2.04. The molecule has 8 nitrogen and oxygen atoms in total. The molecule has 2 aromatic heterocycles. The molecule has 0 fully saturated rings. The Morgan fingerprint density at radius 1 is 1.55 bits per heavy atom. The number of thioether (sulfide) groups is 1. The number of ether oxygens (including phenoxy) is 1. The topological polar surface area (TPSA) is 106 Å². The minimum Gasteiger partial charge on any atom is -0.462 e. The number of nitrogens with one attached hydrogen (secondary N) is 1. The maximum atomic E-state index is 12.0. The van der Waals surface area contributed by atoms with Crippen LogP contribution in [0.15, 0.2) is 17.6 Å². The fraction of sp³-hybridized carbons (Fsp3) is 0.308. The second kappa shape index (κ2) is 6.91. The molecule has 0 atom stereocenters. The third kappa shape index (κ3) is 3.17. The van der Waals surface area contributed by atoms with Crippen LogP contribution in [-0.4, -0.2) is 38.6 Å². The molecule has 0 saturated heterocycles. The van der Waals surface area contributed by atoms with Crippen LogP contribution < -0.4 is 5.32 Å². The zero-order valence-electron chi connectivity index (χ0n) is 12.3. The molecule has 1 N–H and O–H groups in total. The lowest BCUT2D eigenvalue weighted by Gasteiger charge is -2.11. The predicted molar refractivity (Wildman–Crippen MR) is 81.0 cm³/mol. The Hall–Kier alpha value is -2.60. The van der Waals surface area contributed by atoms with E-state index in [1.165, 1.54) is 28.8 Å². The zero-order valence-corrected chi connectivity index (χ0v) is 13.1. The van der Waals surface area contributed by atoms with Gasteiger partial charge in [-0.2, -0.15) is 10.4 Å². The van der Waals surface area contributed by atoms with E-state index < -0.39 is 5.97 Å². The highest BCUT2D eigenvalue weighted by Crippen LogP contribution is 2.23. The van der Waals surface area contributed by atoms with Gasteiger partial charge < -0.3 is 10.1 Å². The molecule has 0 amide bonds. The van der Waals surface area contributed by atoms with E-state index in [0.29, 0.717) is 16.5 Å². The molecule has 0 aliphatic carbocycles. The first kappa shape index (κ1) is 15.8. The second-order valence-corrected chi connectivity index (χ2v) is 4.88. The second-order valence-electron chi connectivity index (χ2n) is 4.11. The van der Waals surface area contributed by atoms with Crippen LogP contribution in [0.5, 0.6) is 0 Å². The van der Waals surface area contributed by atoms with Gasteiger partial charge in [0.1, 0.15) is 23.0 Å². The Kier molecular flexibility index (Phi) is 4.95. The Morgan fingerprint density at radius 2 is 2.32 bits per heavy atom. The third-order valence-electron chi connectivity index (χ3n) is 2.74. The molecule has 2 rings (SSSR count). The summed E-state index contributed by atoms with van der Waals surface area (Å²) in [5, 5.41) is 16.6. The largest absolute Gasteiger partial charge is 0.462 e. The summed E-state index contributed by atoms with van der Waals surface area (Å²) in [6.45, 7) is 1.97. The van der Waals surface area contributed by atoms with E-state index in [1.54, 1.807) is 14.0 Å². The Balaban J connectivity index is 2.46. The van der Waals surface area contributed by atoms with Gasteiger partial charge in [0.25, 0.3) is 0 Å². The van der Waals surface area contributed by atoms with Crippen molar-refractivity contribution in [1.82, 2.24) is 19.7 Å². The summed E-state index contributed by atoms with van der Waals surface area (Å²) in [5.41, 5.74) is 0.548. The quantitative estimate of drug-likeness (QED) is 0.504. The zero-order chi connectivity index (χ0) is 16.1. The molecule has 9 heteroatoms. The normalized spacial score (nSPS) is 10.1. The summed E-state index contributed by atoms with van der Waals surface area (Å²) in [7, 11) is 1.68. The summed E-state index contributed by atoms with van der Waals surface area (Å²) in [6, 6.07) is 2.03. The Labute approximate surface area is 131 Å². The van der Waals surface area contributed by atoms with Crippen molar-refractivity contribution in [3.05, 3.63) is 23.5 Å². The van der Waals surface area contributed by atoms with E-state index >= 15 is 0 Å². The molecule has 22 heavy (non-hydrogen) atoms. The van der Waals surface area contributed by atoms with Gasteiger partial charge >= 0.3 is 5.97 Å². The van der Waals surface area contributed by atoms with Gasteiger partial charge in [0.15, 0.2) is 11.0 Å². The average Bonchev–Trinajstić information content (AvgIpc) is 2.87. The highest BCUT2D eigenvalue weighted by molar-refractivity contribution is 7.98. The van der Waals surface area contributed by atoms with Crippen LogP contribution >= 0.6 is 11.8 Å². The summed E-state index contributed by atoms with van der Waals surface area (Å²) in [6.07, 6.45) is 4.67. The number of nitriles is 1. The molecular formula is C13H14N6O2S. The van der Waals surface area contributed by atoms with E-state index in [0.717, 1.165) is 0 Å². The summed E-state index contributed by atoms with van der Waals surface area (Å²) in [4.78, 5) is 20.4. The maximum absolute atomic E-state index is 12.0. The van der Waals surface area contributed by atoms with Crippen LogP contribution in [0.1, 0.15) is 22.8 Å². The first-order valence-corrected chi connectivity index (χ1v) is 7.60. The molecule has 0 radical (unpaired) electrons. The molecule has 2 aromatic rings. The van der Waals surface area contributed by atoms with E-state index in [9.17, 15) is 4.79 Å². The van der Waals surface area contributed by atoms with Crippen molar-refractivity contribution < 1.29 is 9.53 Å². The molecule has 0 unspecified atom stereocenters. The van der Waals surface area contributed by atoms with E-state index in [2.05, 4.69) is 20.4 Å². The van der Waals surface area contributed by atoms with Gasteiger partial charge in [-0.25, -0.2) is 14.8 Å². The smallest absolute Gasteiger partial charge is 0.343 e. The highest BCUT2D eigenvalue weighted by atomic mass is 32.2. The standard InChI is InChI=1S/C13H14N6O2S/c1-4-21-12(20)9-7-15-13(22-3)18-10(9)17-11-8(5-14)6-16-19(11)2/h6-7H,4H2,1-3H3,(H,15,17,18). The van der Waals surface area contributed by atoms with Gasteiger partial charge in [-0.1, -0.05) is 11.8 Å². The van der Waals surface area contributed by atoms with Gasteiger partial charge in [0.2, 0.25) is 0 Å². The molecule has 2 heterocycles. The van der Waals surface area contributed by atoms with Crippen molar-refractivity contribution in [2.24, 2.45) is 7.05 Å². The van der Waals surface area contributed by atoms with Gasteiger partial charge in [0, 0.05) is 13.2 Å². The number of aromatic nitrogens is 4. The number of carbonyl (C=O) groups is 1. The third-order valence-corrected chi connectivity index (χ3v) is 3.30. The molecule has 0 aliphatic heterocycles. The van der Waals surface area contributed by atoms with Crippen LogP contribution in [-0.2, 0) is 11.8 Å². The SMILES string of the molecule is CCOC(=O)c1cnc(SC)nc1Nc1c(C#N)cnn1C. The van der Waals surface area contributed by atoms with Crippen molar-refractivity contribution in [2.75, 3.05) is 18.2 Å². The van der Waals surface area contributed by atoms with E-state index in [1.807, 2.05) is 12.3 Å². The highest BCUT2D eigenvalue weighted by Gasteiger charge is 2.18. The van der Waals surface area contributed by atoms with Gasteiger partial charge in [-0.15, -0.1) is 0 Å². The molecule has 0 bridgehead atoms. The lowest BCUT2D eigenvalue weighted by atomic mass is 10.3. The fourth-order valence-electron chi connectivity index (χ4n) is 1.70. The number of aryl methyl sites for hydroxylation is 1. The molecule has 0 aromatic carbocycles. The van der Waals surface area contributed by atoms with Crippen molar-refractivity contribution >= 4 is 29.4 Å². The molecule has 0 saturated carbocycles. The summed E-state index contributed by atoms with van der Waals surface area (Å²) >= 11 is 1.34. The lowest BCUT2D eigenvalue weighted by Crippen LogP contribution is -2.12.